The van der Waals surface area contributed by atoms with Crippen LogP contribution in [0.5, 0.6) is 0 Å². The van der Waals surface area contributed by atoms with Gasteiger partial charge in [0.25, 0.3) is 0 Å². The highest BCUT2D eigenvalue weighted by molar-refractivity contribution is 6.11. The zero-order chi connectivity index (χ0) is 33.0. The van der Waals surface area contributed by atoms with Gasteiger partial charge in [-0.25, -0.2) is 19.9 Å². The van der Waals surface area contributed by atoms with Crippen molar-refractivity contribution in [3.63, 3.8) is 0 Å². The van der Waals surface area contributed by atoms with Gasteiger partial charge in [0.15, 0.2) is 23.1 Å². The van der Waals surface area contributed by atoms with Crippen molar-refractivity contribution in [3.05, 3.63) is 158 Å². The fraction of sp³-hybridized carbons (Fsp3) is 0. The summed E-state index contributed by atoms with van der Waals surface area (Å²) in [5.41, 5.74) is 8.84. The molecule has 0 spiro atoms. The van der Waals surface area contributed by atoms with Gasteiger partial charge < -0.3 is 8.83 Å². The van der Waals surface area contributed by atoms with Gasteiger partial charge in [-0.3, -0.25) is 0 Å². The van der Waals surface area contributed by atoms with Gasteiger partial charge >= 0.3 is 0 Å². The van der Waals surface area contributed by atoms with Gasteiger partial charge in [-0.05, 0) is 59.0 Å². The first-order chi connectivity index (χ1) is 24.7. The van der Waals surface area contributed by atoms with E-state index in [1.54, 1.807) is 0 Å². The van der Waals surface area contributed by atoms with Crippen LogP contribution in [-0.2, 0) is 0 Å². The highest BCUT2D eigenvalue weighted by atomic mass is 16.3. The number of fused-ring (bicyclic) bond motifs is 6. The molecule has 0 N–H and O–H groups in total. The van der Waals surface area contributed by atoms with Gasteiger partial charge in [0.05, 0.1) is 0 Å². The van der Waals surface area contributed by atoms with Crippen molar-refractivity contribution < 1.29 is 8.83 Å². The minimum Gasteiger partial charge on any atom is -0.456 e. The van der Waals surface area contributed by atoms with E-state index in [-0.39, 0.29) is 0 Å². The summed E-state index contributed by atoms with van der Waals surface area (Å²) in [6, 6.07) is 53.0. The first-order valence-electron chi connectivity index (χ1n) is 16.5. The third-order valence-corrected chi connectivity index (χ3v) is 9.16. The molecule has 6 nitrogen and oxygen atoms in total. The predicted molar refractivity (Wildman–Crippen MR) is 199 cm³/mol. The number of oxazole rings is 1. The van der Waals surface area contributed by atoms with Crippen LogP contribution in [-0.4, -0.2) is 19.9 Å². The Morgan fingerprint density at radius 3 is 1.90 bits per heavy atom. The van der Waals surface area contributed by atoms with Crippen molar-refractivity contribution in [3.8, 4) is 56.7 Å². The average Bonchev–Trinajstić information content (AvgIpc) is 3.80. The molecule has 3 aromatic heterocycles. The van der Waals surface area contributed by atoms with Gasteiger partial charge in [0, 0.05) is 38.4 Å². The fourth-order valence-corrected chi connectivity index (χ4v) is 6.73. The van der Waals surface area contributed by atoms with Crippen LogP contribution in [0.3, 0.4) is 0 Å². The molecule has 0 saturated carbocycles. The normalized spacial score (nSPS) is 11.6. The number of furan rings is 1. The molecule has 10 aromatic rings. The van der Waals surface area contributed by atoms with E-state index in [0.29, 0.717) is 28.9 Å². The van der Waals surface area contributed by atoms with Gasteiger partial charge in [-0.15, -0.1) is 0 Å². The molecule has 0 radical (unpaired) electrons. The summed E-state index contributed by atoms with van der Waals surface area (Å²) in [5.74, 6) is 2.29. The Labute approximate surface area is 286 Å². The van der Waals surface area contributed by atoms with Gasteiger partial charge in [-0.1, -0.05) is 115 Å². The second-order valence-electron chi connectivity index (χ2n) is 12.3. The lowest BCUT2D eigenvalue weighted by Crippen LogP contribution is -2.00. The summed E-state index contributed by atoms with van der Waals surface area (Å²) < 4.78 is 12.7. The first kappa shape index (κ1) is 28.1. The molecule has 7 aromatic carbocycles. The van der Waals surface area contributed by atoms with Crippen molar-refractivity contribution in [1.29, 1.82) is 0 Å². The highest BCUT2D eigenvalue weighted by Gasteiger charge is 2.19. The maximum Gasteiger partial charge on any atom is 0.227 e. The third kappa shape index (κ3) is 4.73. The number of hydrogen-bond acceptors (Lipinski definition) is 6. The number of para-hydroxylation sites is 1. The monoisotopic (exact) mass is 642 g/mol. The smallest absolute Gasteiger partial charge is 0.227 e. The predicted octanol–water partition coefficient (Wildman–Crippen LogP) is 11.4. The highest BCUT2D eigenvalue weighted by Crippen LogP contribution is 2.37. The van der Waals surface area contributed by atoms with Crippen LogP contribution in [0.1, 0.15) is 0 Å². The van der Waals surface area contributed by atoms with Crippen LogP contribution in [0, 0.1) is 0 Å². The molecule has 0 unspecified atom stereocenters. The number of rotatable bonds is 5. The summed E-state index contributed by atoms with van der Waals surface area (Å²) in [6.45, 7) is 0. The molecule has 0 fully saturated rings. The first-order valence-corrected chi connectivity index (χ1v) is 16.5. The summed E-state index contributed by atoms with van der Waals surface area (Å²) >= 11 is 0. The lowest BCUT2D eigenvalue weighted by Gasteiger charge is -2.11. The largest absolute Gasteiger partial charge is 0.456 e. The molecule has 0 bridgehead atoms. The van der Waals surface area contributed by atoms with E-state index in [0.717, 1.165) is 71.6 Å². The second kappa shape index (κ2) is 11.4. The van der Waals surface area contributed by atoms with Crippen LogP contribution in [0.25, 0.3) is 101 Å². The van der Waals surface area contributed by atoms with Crippen molar-refractivity contribution in [2.75, 3.05) is 0 Å². The topological polar surface area (TPSA) is 77.8 Å². The van der Waals surface area contributed by atoms with E-state index in [9.17, 15) is 0 Å². The molecule has 6 heteroatoms. The summed E-state index contributed by atoms with van der Waals surface area (Å²) in [6.07, 6.45) is 0. The Kier molecular flexibility index (Phi) is 6.39. The number of nitrogens with zero attached hydrogens (tertiary/aromatic N) is 4. The van der Waals surface area contributed by atoms with E-state index in [4.69, 9.17) is 28.8 Å². The molecule has 10 rings (SSSR count). The Balaban J connectivity index is 1.15. The minimum absolute atomic E-state index is 0.554. The summed E-state index contributed by atoms with van der Waals surface area (Å²) in [5, 5.41) is 4.13. The minimum atomic E-state index is 0.554. The van der Waals surface area contributed by atoms with E-state index in [1.807, 2.05) is 109 Å². The molecule has 234 valence electrons. The molecule has 50 heavy (non-hydrogen) atoms. The molecule has 0 aliphatic rings. The van der Waals surface area contributed by atoms with Crippen LogP contribution in [0.4, 0.5) is 0 Å². The zero-order valence-electron chi connectivity index (χ0n) is 26.6. The lowest BCUT2D eigenvalue weighted by molar-refractivity contribution is 0.623. The van der Waals surface area contributed by atoms with Crippen molar-refractivity contribution in [1.82, 2.24) is 19.9 Å². The van der Waals surface area contributed by atoms with Gasteiger partial charge in [0.2, 0.25) is 5.89 Å². The molecule has 0 saturated heterocycles. The van der Waals surface area contributed by atoms with Crippen LogP contribution < -0.4 is 0 Å². The molecule has 0 atom stereocenters. The van der Waals surface area contributed by atoms with Crippen molar-refractivity contribution in [2.24, 2.45) is 0 Å². The van der Waals surface area contributed by atoms with Crippen molar-refractivity contribution in [2.45, 2.75) is 0 Å². The van der Waals surface area contributed by atoms with Gasteiger partial charge in [0.1, 0.15) is 16.7 Å². The number of benzene rings is 7. The van der Waals surface area contributed by atoms with E-state index >= 15 is 0 Å². The lowest BCUT2D eigenvalue weighted by atomic mass is 10.0. The molecular weight excluding hydrogens is 617 g/mol. The molecule has 3 heterocycles. The Bertz CT molecular complexity index is 2880. The summed E-state index contributed by atoms with van der Waals surface area (Å²) in [4.78, 5) is 20.1. The van der Waals surface area contributed by atoms with Crippen molar-refractivity contribution >= 4 is 43.8 Å². The third-order valence-electron chi connectivity index (χ3n) is 9.16. The Hall–Kier alpha value is -6.92. The number of aromatic nitrogens is 4. The van der Waals surface area contributed by atoms with Crippen LogP contribution >= 0.6 is 0 Å². The quantitative estimate of drug-likeness (QED) is 0.186. The van der Waals surface area contributed by atoms with E-state index in [2.05, 4.69) is 48.5 Å². The van der Waals surface area contributed by atoms with E-state index in [1.165, 1.54) is 0 Å². The van der Waals surface area contributed by atoms with Crippen LogP contribution in [0.2, 0.25) is 0 Å². The molecule has 0 aliphatic heterocycles. The molecule has 0 aliphatic carbocycles. The Morgan fingerprint density at radius 2 is 1.04 bits per heavy atom. The molecule has 0 amide bonds. The van der Waals surface area contributed by atoms with Crippen LogP contribution in [0.15, 0.2) is 167 Å². The summed E-state index contributed by atoms with van der Waals surface area (Å²) in [7, 11) is 0. The SMILES string of the molecule is c1ccc(-c2nc(-c3cccc(-c4ccc5c(c4)oc4ccccc45)c3)nc(-c3cccc4ccc5nc(-c6ccccc6)oc5c34)n2)cc1. The molecular formula is C44H26N4O2. The fourth-order valence-electron chi connectivity index (χ4n) is 6.73. The maximum absolute atomic E-state index is 6.48. The Morgan fingerprint density at radius 1 is 0.380 bits per heavy atom. The zero-order valence-corrected chi connectivity index (χ0v) is 26.6. The standard InChI is InChI=1S/C44H26N4O2/c1-3-11-28(12-4-1)41-46-42(32-17-9-16-30(25-32)31-21-23-34-33-18-7-8-20-37(33)49-38(34)26-31)48-43(47-41)35-19-10-15-27-22-24-36-40(39(27)35)50-44(45-36)29-13-5-2-6-14-29/h1-26H. The average molecular weight is 643 g/mol. The van der Waals surface area contributed by atoms with E-state index < -0.39 is 0 Å². The number of hydrogen-bond donors (Lipinski definition) is 0. The van der Waals surface area contributed by atoms with Gasteiger partial charge in [-0.2, -0.15) is 0 Å². The second-order valence-corrected chi connectivity index (χ2v) is 12.3. The maximum atomic E-state index is 6.48.